The molecule has 2 unspecified atom stereocenters. The Bertz CT molecular complexity index is 465. The summed E-state index contributed by atoms with van der Waals surface area (Å²) in [6.45, 7) is 3.10. The molecule has 116 valence electrons. The summed E-state index contributed by atoms with van der Waals surface area (Å²) >= 11 is 0. The molecular formula is C12H19N5O4. The van der Waals surface area contributed by atoms with E-state index in [9.17, 15) is 14.5 Å². The Kier molecular flexibility index (Phi) is 7.18. The first-order valence-electron chi connectivity index (χ1n) is 6.25. The Labute approximate surface area is 121 Å². The van der Waals surface area contributed by atoms with Crippen LogP contribution in [0.15, 0.2) is 15.4 Å². The van der Waals surface area contributed by atoms with Crippen LogP contribution in [0.25, 0.3) is 0 Å². The van der Waals surface area contributed by atoms with Crippen LogP contribution in [0.2, 0.25) is 0 Å². The van der Waals surface area contributed by atoms with E-state index in [1.807, 2.05) is 0 Å². The number of azo groups is 1. The summed E-state index contributed by atoms with van der Waals surface area (Å²) in [5, 5.41) is 33.5. The Hall–Kier alpha value is -2.32. The van der Waals surface area contributed by atoms with Crippen LogP contribution in [0, 0.1) is 15.7 Å². The van der Waals surface area contributed by atoms with E-state index < -0.39 is 23.0 Å². The zero-order valence-electron chi connectivity index (χ0n) is 12.0. The number of hydrogen-bond acceptors (Lipinski definition) is 7. The van der Waals surface area contributed by atoms with Gasteiger partial charge in [-0.2, -0.15) is 10.2 Å². The molecule has 9 heteroatoms. The highest BCUT2D eigenvalue weighted by molar-refractivity contribution is 5.78. The molecule has 0 bridgehead atoms. The van der Waals surface area contributed by atoms with E-state index in [2.05, 4.69) is 15.4 Å². The van der Waals surface area contributed by atoms with Gasteiger partial charge in [0, 0.05) is 30.4 Å². The van der Waals surface area contributed by atoms with Crippen molar-refractivity contribution in [2.24, 2.45) is 15.4 Å². The number of carboxylic acids is 1. The number of amides is 1. The molecule has 21 heavy (non-hydrogen) atoms. The second kappa shape index (κ2) is 8.08. The molecule has 0 spiro atoms. The largest absolute Gasteiger partial charge is 0.481 e. The van der Waals surface area contributed by atoms with E-state index in [0.29, 0.717) is 0 Å². The lowest BCUT2D eigenvalue weighted by Gasteiger charge is -2.22. The highest BCUT2D eigenvalue weighted by Crippen LogP contribution is 2.22. The number of carboxylic acid groups (broad SMARTS) is 1. The van der Waals surface area contributed by atoms with E-state index in [1.54, 1.807) is 13.8 Å². The average Bonchev–Trinajstić information content (AvgIpc) is 2.48. The Morgan fingerprint density at radius 2 is 1.48 bits per heavy atom. The molecule has 0 aliphatic carbocycles. The van der Waals surface area contributed by atoms with Gasteiger partial charge in [-0.1, -0.05) is 0 Å². The molecule has 0 aliphatic heterocycles. The fraction of sp³-hybridized carbons (Fsp3) is 0.667. The van der Waals surface area contributed by atoms with Gasteiger partial charge in [0.2, 0.25) is 0 Å². The van der Waals surface area contributed by atoms with Gasteiger partial charge < -0.3 is 15.9 Å². The van der Waals surface area contributed by atoms with Crippen molar-refractivity contribution < 1.29 is 14.7 Å². The fourth-order valence-electron chi connectivity index (χ4n) is 1.30. The summed E-state index contributed by atoms with van der Waals surface area (Å²) < 4.78 is 0. The van der Waals surface area contributed by atoms with Gasteiger partial charge in [0.05, 0.1) is 0 Å². The number of nitrogens with zero attached hydrogens (tertiary/aromatic N) is 3. The lowest BCUT2D eigenvalue weighted by molar-refractivity contribution is -0.137. The lowest BCUT2D eigenvalue weighted by atomic mass is 9.97. The predicted octanol–water partition coefficient (Wildman–Crippen LogP) is 2.19. The van der Waals surface area contributed by atoms with Crippen molar-refractivity contribution >= 4 is 24.3 Å². The second-order valence-electron chi connectivity index (χ2n) is 5.08. The molecule has 0 fully saturated rings. The molecular weight excluding hydrogens is 278 g/mol. The SMILES string of the molecule is CC(C=N)(CCC(=O)O)N=NC(C)(C=N)CCC(=O)N=O. The van der Waals surface area contributed by atoms with Gasteiger partial charge in [-0.15, -0.1) is 4.91 Å². The third-order valence-electron chi connectivity index (χ3n) is 2.92. The van der Waals surface area contributed by atoms with Crippen molar-refractivity contribution in [3.05, 3.63) is 4.91 Å². The third kappa shape index (κ3) is 7.14. The topological polar surface area (TPSA) is 156 Å². The molecule has 0 aromatic rings. The molecule has 9 nitrogen and oxygen atoms in total. The van der Waals surface area contributed by atoms with Crippen LogP contribution in [0.4, 0.5) is 0 Å². The van der Waals surface area contributed by atoms with E-state index in [1.165, 1.54) is 0 Å². The fourth-order valence-corrected chi connectivity index (χ4v) is 1.30. The summed E-state index contributed by atoms with van der Waals surface area (Å²) in [4.78, 5) is 31.5. The smallest absolute Gasteiger partial charge is 0.303 e. The van der Waals surface area contributed by atoms with Crippen LogP contribution in [0.3, 0.4) is 0 Å². The molecule has 0 aromatic heterocycles. The lowest BCUT2D eigenvalue weighted by Crippen LogP contribution is -2.29. The van der Waals surface area contributed by atoms with Crippen LogP contribution in [0.1, 0.15) is 39.5 Å². The van der Waals surface area contributed by atoms with Crippen LogP contribution < -0.4 is 0 Å². The number of nitrogens with one attached hydrogen (secondary N) is 2. The minimum absolute atomic E-state index is 0.0809. The first-order chi connectivity index (χ1) is 9.70. The van der Waals surface area contributed by atoms with E-state index in [4.69, 9.17) is 15.9 Å². The number of aliphatic carboxylic acids is 1. The minimum atomic E-state index is -1.10. The van der Waals surface area contributed by atoms with E-state index in [0.717, 1.165) is 12.4 Å². The van der Waals surface area contributed by atoms with Gasteiger partial charge in [-0.3, -0.25) is 9.59 Å². The molecule has 0 rings (SSSR count). The van der Waals surface area contributed by atoms with Gasteiger partial charge in [0.15, 0.2) is 0 Å². The van der Waals surface area contributed by atoms with Crippen LogP contribution >= 0.6 is 0 Å². The summed E-state index contributed by atoms with van der Waals surface area (Å²) in [7, 11) is 0. The maximum Gasteiger partial charge on any atom is 0.303 e. The molecule has 2 atom stereocenters. The average molecular weight is 297 g/mol. The van der Waals surface area contributed by atoms with Gasteiger partial charge in [-0.05, 0) is 26.7 Å². The van der Waals surface area contributed by atoms with E-state index >= 15 is 0 Å². The molecule has 3 N–H and O–H groups in total. The number of hydrogen-bond donors (Lipinski definition) is 3. The quantitative estimate of drug-likeness (QED) is 0.321. The monoisotopic (exact) mass is 297 g/mol. The zero-order valence-corrected chi connectivity index (χ0v) is 12.0. The van der Waals surface area contributed by atoms with Gasteiger partial charge in [0.1, 0.15) is 11.1 Å². The van der Waals surface area contributed by atoms with Crippen molar-refractivity contribution in [2.75, 3.05) is 0 Å². The molecule has 0 heterocycles. The normalized spacial score (nSPS) is 16.7. The maximum atomic E-state index is 10.9. The van der Waals surface area contributed by atoms with Crippen molar-refractivity contribution in [1.29, 1.82) is 10.8 Å². The molecule has 1 amide bonds. The van der Waals surface area contributed by atoms with Crippen LogP contribution in [-0.2, 0) is 9.59 Å². The van der Waals surface area contributed by atoms with Gasteiger partial charge in [0.25, 0.3) is 5.91 Å². The number of carbonyl (C=O) groups excluding carboxylic acids is 1. The molecule has 0 aliphatic rings. The van der Waals surface area contributed by atoms with Gasteiger partial charge in [-0.25, -0.2) is 0 Å². The number of carbonyl (C=O) groups is 2. The van der Waals surface area contributed by atoms with Crippen molar-refractivity contribution in [3.63, 3.8) is 0 Å². The van der Waals surface area contributed by atoms with E-state index in [-0.39, 0.29) is 25.7 Å². The number of nitroso groups, excluding NO2 is 1. The molecule has 0 aromatic carbocycles. The predicted molar refractivity (Wildman–Crippen MR) is 76.1 cm³/mol. The first-order valence-corrected chi connectivity index (χ1v) is 6.25. The highest BCUT2D eigenvalue weighted by Gasteiger charge is 2.27. The zero-order chi connectivity index (χ0) is 16.5. The van der Waals surface area contributed by atoms with Crippen molar-refractivity contribution in [3.8, 4) is 0 Å². The van der Waals surface area contributed by atoms with Crippen LogP contribution in [0.5, 0.6) is 0 Å². The molecule has 0 saturated heterocycles. The van der Waals surface area contributed by atoms with Crippen LogP contribution in [-0.4, -0.2) is 40.5 Å². The summed E-state index contributed by atoms with van der Waals surface area (Å²) in [6, 6.07) is 0. The summed E-state index contributed by atoms with van der Waals surface area (Å²) in [5.74, 6) is -1.84. The Morgan fingerprint density at radius 3 is 1.81 bits per heavy atom. The standard InChI is InChI=1S/C12H19N5O4/c1-11(7-13,5-3-9(18)15-21)16-17-12(2,8-14)6-4-10(19)20/h7-8,13-14H,3-6H2,1-2H3,(H,19,20). The Morgan fingerprint density at radius 1 is 1.05 bits per heavy atom. The Balaban J connectivity index is 4.92. The molecule has 0 radical (unpaired) electrons. The summed E-state index contributed by atoms with van der Waals surface area (Å²) in [5.41, 5.74) is -2.19. The number of rotatable bonds is 10. The van der Waals surface area contributed by atoms with Crippen molar-refractivity contribution in [1.82, 2.24) is 0 Å². The highest BCUT2D eigenvalue weighted by atomic mass is 16.4. The molecule has 0 saturated carbocycles. The van der Waals surface area contributed by atoms with Crippen molar-refractivity contribution in [2.45, 2.75) is 50.6 Å². The first kappa shape index (κ1) is 18.7. The minimum Gasteiger partial charge on any atom is -0.481 e. The third-order valence-corrected chi connectivity index (χ3v) is 2.92. The second-order valence-corrected chi connectivity index (χ2v) is 5.08. The van der Waals surface area contributed by atoms with Gasteiger partial charge >= 0.3 is 5.97 Å². The summed E-state index contributed by atoms with van der Waals surface area (Å²) in [6.07, 6.45) is 1.82. The maximum absolute atomic E-state index is 10.9.